The summed E-state index contributed by atoms with van der Waals surface area (Å²) in [6.45, 7) is 3.74. The molecule has 0 bridgehead atoms. The normalized spacial score (nSPS) is 18.6. The number of benzene rings is 1. The molecule has 1 aliphatic heterocycles. The predicted molar refractivity (Wildman–Crippen MR) is 97.2 cm³/mol. The van der Waals surface area contributed by atoms with Crippen LogP contribution in [0.3, 0.4) is 0 Å². The van der Waals surface area contributed by atoms with Crippen LogP contribution < -0.4 is 4.74 Å². The van der Waals surface area contributed by atoms with Gasteiger partial charge in [-0.2, -0.15) is 0 Å². The number of rotatable bonds is 7. The van der Waals surface area contributed by atoms with Gasteiger partial charge in [-0.25, -0.2) is 0 Å². The van der Waals surface area contributed by atoms with E-state index in [0.29, 0.717) is 18.3 Å². The number of fused-ring (bicyclic) bond motifs is 1. The Balaban J connectivity index is 1.57. The van der Waals surface area contributed by atoms with Crippen molar-refractivity contribution >= 4 is 17.0 Å². The van der Waals surface area contributed by atoms with Gasteiger partial charge in [-0.05, 0) is 35.9 Å². The van der Waals surface area contributed by atoms with Gasteiger partial charge in [0.05, 0.1) is 11.0 Å². The Morgan fingerprint density at radius 1 is 1.48 bits per heavy atom. The smallest absolute Gasteiger partial charge is 0.273 e. The average Bonchev–Trinajstić information content (AvgIpc) is 3.09. The number of β-amino-alcohol motifs (C(OH)–C–C–N with tert-alkyl or cyclic N) is 1. The average molecular weight is 362 g/mol. The molecule has 0 unspecified atom stereocenters. The molecule has 134 valence electrons. The number of non-ortho nitro benzene ring substituents is 1. The zero-order valence-electron chi connectivity index (χ0n) is 14.1. The minimum Gasteiger partial charge on any atom is -0.491 e. The second-order valence-electron chi connectivity index (χ2n) is 6.19. The van der Waals surface area contributed by atoms with Gasteiger partial charge >= 0.3 is 0 Å². The van der Waals surface area contributed by atoms with E-state index in [4.69, 9.17) is 4.74 Å². The molecule has 0 saturated carbocycles. The minimum atomic E-state index is -0.645. The molecule has 2 atom stereocenters. The van der Waals surface area contributed by atoms with E-state index < -0.39 is 11.0 Å². The second-order valence-corrected chi connectivity index (χ2v) is 7.19. The highest BCUT2D eigenvalue weighted by Crippen LogP contribution is 2.35. The fourth-order valence-electron chi connectivity index (χ4n) is 3.35. The van der Waals surface area contributed by atoms with Crippen LogP contribution in [-0.4, -0.2) is 40.7 Å². The van der Waals surface area contributed by atoms with Crippen molar-refractivity contribution in [2.45, 2.75) is 31.9 Å². The standard InChI is InChI=1S/C18H22N2O4S/c1-2-17-16-7-9-25-18(16)6-8-19(17)11-14(21)12-24-15-5-3-4-13(10-15)20(22)23/h3-5,7,9-10,14,17,21H,2,6,8,11-12H2,1H3/t14-,17-/m0/s1. The predicted octanol–water partition coefficient (Wildman–Crippen LogP) is 3.41. The number of hydrogen-bond donors (Lipinski definition) is 1. The summed E-state index contributed by atoms with van der Waals surface area (Å²) in [6, 6.07) is 8.55. The van der Waals surface area contributed by atoms with E-state index in [1.165, 1.54) is 22.6 Å². The van der Waals surface area contributed by atoms with Crippen LogP contribution in [-0.2, 0) is 6.42 Å². The fourth-order valence-corrected chi connectivity index (χ4v) is 4.28. The lowest BCUT2D eigenvalue weighted by Crippen LogP contribution is -2.41. The summed E-state index contributed by atoms with van der Waals surface area (Å²) in [5, 5.41) is 23.3. The van der Waals surface area contributed by atoms with Crippen LogP contribution >= 0.6 is 11.3 Å². The molecule has 0 amide bonds. The second kappa shape index (κ2) is 7.95. The Hall–Kier alpha value is -1.96. The van der Waals surface area contributed by atoms with Gasteiger partial charge in [0.2, 0.25) is 0 Å². The maximum Gasteiger partial charge on any atom is 0.273 e. The lowest BCUT2D eigenvalue weighted by molar-refractivity contribution is -0.384. The zero-order chi connectivity index (χ0) is 17.8. The summed E-state index contributed by atoms with van der Waals surface area (Å²) < 4.78 is 5.54. The Bertz CT molecular complexity index is 733. The summed E-state index contributed by atoms with van der Waals surface area (Å²) in [6.07, 6.45) is 1.37. The molecule has 25 heavy (non-hydrogen) atoms. The van der Waals surface area contributed by atoms with Crippen molar-refractivity contribution in [2.75, 3.05) is 19.7 Å². The maximum absolute atomic E-state index is 10.8. The Morgan fingerprint density at radius 3 is 3.08 bits per heavy atom. The molecular formula is C18H22N2O4S. The highest BCUT2D eigenvalue weighted by atomic mass is 32.1. The van der Waals surface area contributed by atoms with Crippen LogP contribution in [0.2, 0.25) is 0 Å². The van der Waals surface area contributed by atoms with Crippen molar-refractivity contribution in [3.63, 3.8) is 0 Å². The van der Waals surface area contributed by atoms with Gasteiger partial charge in [0.25, 0.3) is 5.69 Å². The van der Waals surface area contributed by atoms with Crippen molar-refractivity contribution in [1.29, 1.82) is 0 Å². The molecule has 0 saturated heterocycles. The first kappa shape index (κ1) is 17.8. The van der Waals surface area contributed by atoms with E-state index in [1.54, 1.807) is 12.1 Å². The Kier molecular flexibility index (Phi) is 5.67. The van der Waals surface area contributed by atoms with Crippen molar-refractivity contribution in [3.8, 4) is 5.75 Å². The topological polar surface area (TPSA) is 75.8 Å². The summed E-state index contributed by atoms with van der Waals surface area (Å²) in [5.41, 5.74) is 1.37. The summed E-state index contributed by atoms with van der Waals surface area (Å²) in [5.74, 6) is 0.402. The van der Waals surface area contributed by atoms with Gasteiger partial charge in [0.15, 0.2) is 0 Å². The molecular weight excluding hydrogens is 340 g/mol. The monoisotopic (exact) mass is 362 g/mol. The summed E-state index contributed by atoms with van der Waals surface area (Å²) in [4.78, 5) is 14.1. The van der Waals surface area contributed by atoms with Crippen LogP contribution in [0.15, 0.2) is 35.7 Å². The third kappa shape index (κ3) is 4.18. The first-order valence-corrected chi connectivity index (χ1v) is 9.32. The molecule has 7 heteroatoms. The van der Waals surface area contributed by atoms with Crippen molar-refractivity contribution in [1.82, 2.24) is 4.90 Å². The highest BCUT2D eigenvalue weighted by molar-refractivity contribution is 7.10. The SMILES string of the molecule is CC[C@H]1c2ccsc2CCN1C[C@H](O)COc1cccc([N+](=O)[O-])c1. The molecule has 1 aliphatic rings. The van der Waals surface area contributed by atoms with Gasteiger partial charge in [0.1, 0.15) is 18.5 Å². The van der Waals surface area contributed by atoms with E-state index in [9.17, 15) is 15.2 Å². The summed E-state index contributed by atoms with van der Waals surface area (Å²) >= 11 is 1.81. The Morgan fingerprint density at radius 2 is 2.32 bits per heavy atom. The van der Waals surface area contributed by atoms with Gasteiger partial charge in [-0.1, -0.05) is 13.0 Å². The number of aliphatic hydroxyl groups excluding tert-OH is 1. The number of nitro groups is 1. The molecule has 0 spiro atoms. The van der Waals surface area contributed by atoms with E-state index >= 15 is 0 Å². The quantitative estimate of drug-likeness (QED) is 0.603. The first-order valence-electron chi connectivity index (χ1n) is 8.44. The van der Waals surface area contributed by atoms with Crippen molar-refractivity contribution in [3.05, 3.63) is 56.3 Å². The first-order chi connectivity index (χ1) is 12.1. The van der Waals surface area contributed by atoms with Crippen LogP contribution in [0, 0.1) is 10.1 Å². The largest absolute Gasteiger partial charge is 0.491 e. The van der Waals surface area contributed by atoms with Gasteiger partial charge in [0, 0.05) is 30.1 Å². The van der Waals surface area contributed by atoms with Crippen LogP contribution in [0.5, 0.6) is 5.75 Å². The molecule has 3 rings (SSSR count). The van der Waals surface area contributed by atoms with E-state index in [2.05, 4.69) is 23.3 Å². The van der Waals surface area contributed by atoms with Crippen molar-refractivity contribution < 1.29 is 14.8 Å². The minimum absolute atomic E-state index is 0.0148. The number of nitro benzene ring substituents is 1. The molecule has 2 heterocycles. The number of thiophene rings is 1. The number of aliphatic hydroxyl groups is 1. The molecule has 1 N–H and O–H groups in total. The zero-order valence-corrected chi connectivity index (χ0v) is 14.9. The molecule has 6 nitrogen and oxygen atoms in total. The lowest BCUT2D eigenvalue weighted by Gasteiger charge is -2.36. The molecule has 0 aliphatic carbocycles. The van der Waals surface area contributed by atoms with E-state index in [1.807, 2.05) is 11.3 Å². The van der Waals surface area contributed by atoms with E-state index in [0.717, 1.165) is 19.4 Å². The van der Waals surface area contributed by atoms with Crippen LogP contribution in [0.25, 0.3) is 0 Å². The molecule has 0 radical (unpaired) electrons. The van der Waals surface area contributed by atoms with Gasteiger partial charge in [-0.15, -0.1) is 11.3 Å². The molecule has 1 aromatic carbocycles. The molecule has 1 aromatic heterocycles. The van der Waals surface area contributed by atoms with Gasteiger partial charge < -0.3 is 9.84 Å². The number of ether oxygens (including phenoxy) is 1. The van der Waals surface area contributed by atoms with Crippen molar-refractivity contribution in [2.24, 2.45) is 0 Å². The maximum atomic E-state index is 10.8. The third-order valence-corrected chi connectivity index (χ3v) is 5.51. The van der Waals surface area contributed by atoms with Crippen LogP contribution in [0.4, 0.5) is 5.69 Å². The number of nitrogens with zero attached hydrogens (tertiary/aromatic N) is 2. The highest BCUT2D eigenvalue weighted by Gasteiger charge is 2.28. The third-order valence-electron chi connectivity index (χ3n) is 4.51. The molecule has 0 fully saturated rings. The summed E-state index contributed by atoms with van der Waals surface area (Å²) in [7, 11) is 0. The number of hydrogen-bond acceptors (Lipinski definition) is 6. The van der Waals surface area contributed by atoms with E-state index in [-0.39, 0.29) is 12.3 Å². The Labute approximate surface area is 150 Å². The van der Waals surface area contributed by atoms with Gasteiger partial charge in [-0.3, -0.25) is 15.0 Å². The fraction of sp³-hybridized carbons (Fsp3) is 0.444. The lowest BCUT2D eigenvalue weighted by atomic mass is 9.97. The molecule has 2 aromatic rings. The van der Waals surface area contributed by atoms with Crippen LogP contribution in [0.1, 0.15) is 29.8 Å².